The minimum absolute atomic E-state index is 0.0847. The van der Waals surface area contributed by atoms with Crippen LogP contribution in [0.3, 0.4) is 0 Å². The van der Waals surface area contributed by atoms with Crippen molar-refractivity contribution in [3.05, 3.63) is 47.1 Å². The van der Waals surface area contributed by atoms with E-state index in [1.54, 1.807) is 10.6 Å². The topological polar surface area (TPSA) is 26.5 Å². The third kappa shape index (κ3) is 2.17. The maximum Gasteiger partial charge on any atom is 0.243 e. The van der Waals surface area contributed by atoms with E-state index in [4.69, 9.17) is 16.3 Å². The van der Waals surface area contributed by atoms with E-state index in [-0.39, 0.29) is 17.5 Å². The number of fused-ring (bicyclic) bond motifs is 1. The molecule has 0 saturated carbocycles. The van der Waals surface area contributed by atoms with Crippen LogP contribution in [0.25, 0.3) is 4.96 Å². The third-order valence-electron chi connectivity index (χ3n) is 2.55. The van der Waals surface area contributed by atoms with Crippen LogP contribution in [0.4, 0.5) is 8.78 Å². The molecule has 3 nitrogen and oxygen atoms in total. The molecule has 0 spiro atoms. The molecular weight excluding hydrogens is 294 g/mol. The normalized spacial score (nSPS) is 11.1. The van der Waals surface area contributed by atoms with E-state index in [1.807, 2.05) is 5.38 Å². The maximum atomic E-state index is 13.5. The van der Waals surface area contributed by atoms with E-state index >= 15 is 0 Å². The molecular formula is C12H7ClF2N2OS. The fourth-order valence-electron chi connectivity index (χ4n) is 1.68. The Morgan fingerprint density at radius 2 is 2.21 bits per heavy atom. The average molecular weight is 301 g/mol. The zero-order valence-corrected chi connectivity index (χ0v) is 11.0. The first-order valence-corrected chi connectivity index (χ1v) is 6.74. The molecule has 0 saturated heterocycles. The Hall–Kier alpha value is -1.66. The molecule has 0 unspecified atom stereocenters. The third-order valence-corrected chi connectivity index (χ3v) is 3.56. The molecule has 7 heteroatoms. The quantitative estimate of drug-likeness (QED) is 0.678. The molecule has 0 aliphatic rings. The van der Waals surface area contributed by atoms with Crippen LogP contribution in [-0.4, -0.2) is 9.38 Å². The molecule has 0 N–H and O–H groups in total. The van der Waals surface area contributed by atoms with Crippen LogP contribution >= 0.6 is 22.9 Å². The van der Waals surface area contributed by atoms with E-state index in [9.17, 15) is 8.78 Å². The number of nitrogens with zero attached hydrogens (tertiary/aromatic N) is 2. The molecule has 3 rings (SSSR count). The highest BCUT2D eigenvalue weighted by Crippen LogP contribution is 2.30. The van der Waals surface area contributed by atoms with Gasteiger partial charge in [0, 0.05) is 17.6 Å². The lowest BCUT2D eigenvalue weighted by atomic mass is 10.3. The lowest BCUT2D eigenvalue weighted by molar-refractivity contribution is 0.422. The van der Waals surface area contributed by atoms with Gasteiger partial charge in [-0.25, -0.2) is 8.78 Å². The molecule has 19 heavy (non-hydrogen) atoms. The van der Waals surface area contributed by atoms with Gasteiger partial charge in [-0.1, -0.05) is 0 Å². The summed E-state index contributed by atoms with van der Waals surface area (Å²) in [4.78, 5) is 4.92. The van der Waals surface area contributed by atoms with Gasteiger partial charge in [-0.3, -0.25) is 4.40 Å². The Morgan fingerprint density at radius 3 is 2.95 bits per heavy atom. The van der Waals surface area contributed by atoms with Crippen molar-refractivity contribution in [2.75, 3.05) is 0 Å². The van der Waals surface area contributed by atoms with Crippen molar-refractivity contribution in [1.82, 2.24) is 9.38 Å². The summed E-state index contributed by atoms with van der Waals surface area (Å²) in [5.41, 5.74) is 0.627. The van der Waals surface area contributed by atoms with Gasteiger partial charge in [-0.05, 0) is 12.1 Å². The molecule has 98 valence electrons. The zero-order valence-electron chi connectivity index (χ0n) is 9.44. The van der Waals surface area contributed by atoms with Gasteiger partial charge in [0.25, 0.3) is 0 Å². The predicted octanol–water partition coefficient (Wildman–Crippen LogP) is 4.21. The van der Waals surface area contributed by atoms with Crippen molar-refractivity contribution < 1.29 is 13.5 Å². The van der Waals surface area contributed by atoms with Gasteiger partial charge in [-0.15, -0.1) is 22.9 Å². The highest BCUT2D eigenvalue weighted by Gasteiger charge is 2.16. The van der Waals surface area contributed by atoms with Gasteiger partial charge in [0.05, 0.1) is 5.88 Å². The van der Waals surface area contributed by atoms with Crippen molar-refractivity contribution in [2.24, 2.45) is 0 Å². The highest BCUT2D eigenvalue weighted by molar-refractivity contribution is 7.15. The number of hydrogen-bond acceptors (Lipinski definition) is 3. The van der Waals surface area contributed by atoms with Crippen LogP contribution in [0.15, 0.2) is 29.8 Å². The standard InChI is InChI=1S/C12H7ClF2N2OS/c13-6-9-11(16-12-17(9)3-4-19-12)18-10-2-1-7(14)5-8(10)15/h1-5H,6H2. The minimum atomic E-state index is -0.781. The van der Waals surface area contributed by atoms with Gasteiger partial charge in [0.2, 0.25) is 5.88 Å². The average Bonchev–Trinajstić information content (AvgIpc) is 2.92. The largest absolute Gasteiger partial charge is 0.434 e. The van der Waals surface area contributed by atoms with Crippen LogP contribution in [0.2, 0.25) is 0 Å². The summed E-state index contributed by atoms with van der Waals surface area (Å²) in [5, 5.41) is 1.86. The molecule has 0 radical (unpaired) electrons. The number of benzene rings is 1. The lowest BCUT2D eigenvalue weighted by Gasteiger charge is -2.05. The molecule has 2 aromatic heterocycles. The molecule has 1 aromatic carbocycles. The Kier molecular flexibility index (Phi) is 3.12. The first kappa shape index (κ1) is 12.4. The second-order valence-electron chi connectivity index (χ2n) is 3.73. The summed E-state index contributed by atoms with van der Waals surface area (Å²) in [7, 11) is 0. The fraction of sp³-hybridized carbons (Fsp3) is 0.0833. The molecule has 0 bridgehead atoms. The number of aromatic nitrogens is 2. The smallest absolute Gasteiger partial charge is 0.243 e. The fourth-order valence-corrected chi connectivity index (χ4v) is 2.65. The van der Waals surface area contributed by atoms with E-state index in [1.165, 1.54) is 17.4 Å². The molecule has 2 heterocycles. The summed E-state index contributed by atoms with van der Waals surface area (Å²) in [6, 6.07) is 3.10. The SMILES string of the molecule is Fc1ccc(Oc2nc3sccn3c2CCl)c(F)c1. The number of thiazole rings is 1. The molecule has 3 aromatic rings. The minimum Gasteiger partial charge on any atom is -0.434 e. The second-order valence-corrected chi connectivity index (χ2v) is 4.87. The first-order chi connectivity index (χ1) is 9.19. The number of imidazole rings is 1. The number of hydrogen-bond donors (Lipinski definition) is 0. The molecule has 0 aliphatic carbocycles. The summed E-state index contributed by atoms with van der Waals surface area (Å²) in [6.45, 7) is 0. The van der Waals surface area contributed by atoms with Crippen molar-refractivity contribution in [3.8, 4) is 11.6 Å². The number of alkyl halides is 1. The summed E-state index contributed by atoms with van der Waals surface area (Å²) < 4.78 is 33.5. The van der Waals surface area contributed by atoms with Crippen molar-refractivity contribution in [2.45, 2.75) is 5.88 Å². The Bertz CT molecular complexity index is 740. The van der Waals surface area contributed by atoms with E-state index in [0.29, 0.717) is 10.7 Å². The number of halogens is 3. The molecule has 0 atom stereocenters. The van der Waals surface area contributed by atoms with Crippen molar-refractivity contribution in [1.29, 1.82) is 0 Å². The predicted molar refractivity (Wildman–Crippen MR) is 69.1 cm³/mol. The maximum absolute atomic E-state index is 13.5. The van der Waals surface area contributed by atoms with Gasteiger partial charge >= 0.3 is 0 Å². The monoisotopic (exact) mass is 300 g/mol. The number of ether oxygens (including phenoxy) is 1. The first-order valence-electron chi connectivity index (χ1n) is 5.32. The van der Waals surface area contributed by atoms with Crippen LogP contribution in [0.5, 0.6) is 11.6 Å². The van der Waals surface area contributed by atoms with E-state index in [2.05, 4.69) is 4.98 Å². The second kappa shape index (κ2) is 4.79. The van der Waals surface area contributed by atoms with Gasteiger partial charge in [0.15, 0.2) is 16.5 Å². The molecule has 0 aliphatic heterocycles. The Labute approximate surface area is 116 Å². The Morgan fingerprint density at radius 1 is 1.37 bits per heavy atom. The van der Waals surface area contributed by atoms with Crippen molar-refractivity contribution >= 4 is 27.9 Å². The zero-order chi connectivity index (χ0) is 13.4. The summed E-state index contributed by atoms with van der Waals surface area (Å²) in [6.07, 6.45) is 1.80. The Balaban J connectivity index is 2.02. The van der Waals surface area contributed by atoms with Gasteiger partial charge in [0.1, 0.15) is 11.5 Å². The van der Waals surface area contributed by atoms with Crippen LogP contribution in [0, 0.1) is 11.6 Å². The van der Waals surface area contributed by atoms with Crippen LogP contribution < -0.4 is 4.74 Å². The van der Waals surface area contributed by atoms with Gasteiger partial charge < -0.3 is 4.74 Å². The summed E-state index contributed by atoms with van der Waals surface area (Å²) >= 11 is 7.26. The van der Waals surface area contributed by atoms with Crippen LogP contribution in [-0.2, 0) is 5.88 Å². The lowest BCUT2D eigenvalue weighted by Crippen LogP contribution is -1.93. The highest BCUT2D eigenvalue weighted by atomic mass is 35.5. The summed E-state index contributed by atoms with van der Waals surface area (Å²) in [5.74, 6) is -1.12. The van der Waals surface area contributed by atoms with Crippen LogP contribution in [0.1, 0.15) is 5.69 Å². The van der Waals surface area contributed by atoms with Gasteiger partial charge in [-0.2, -0.15) is 4.98 Å². The van der Waals surface area contributed by atoms with Crippen molar-refractivity contribution in [3.63, 3.8) is 0 Å². The van der Waals surface area contributed by atoms with E-state index < -0.39 is 11.6 Å². The van der Waals surface area contributed by atoms with E-state index in [0.717, 1.165) is 12.1 Å². The molecule has 0 amide bonds. The number of rotatable bonds is 3. The molecule has 0 fully saturated rings.